The van der Waals surface area contributed by atoms with Gasteiger partial charge in [-0.3, -0.25) is 9.78 Å². The number of nitrogens with zero attached hydrogens (tertiary/aromatic N) is 2. The predicted molar refractivity (Wildman–Crippen MR) is 132 cm³/mol. The number of fused-ring (bicyclic) bond motifs is 1. The van der Waals surface area contributed by atoms with E-state index in [1.54, 1.807) is 44.3 Å². The Hall–Kier alpha value is -2.98. The van der Waals surface area contributed by atoms with Gasteiger partial charge in [-0.1, -0.05) is 22.0 Å². The molecule has 10 heteroatoms. The lowest BCUT2D eigenvalue weighted by atomic mass is 10.2. The van der Waals surface area contributed by atoms with Crippen LogP contribution in [0, 0.1) is 0 Å². The monoisotopic (exact) mass is 577 g/mol. The number of hydrazone groups is 1. The zero-order valence-electron chi connectivity index (χ0n) is 17.9. The third-order valence-electron chi connectivity index (χ3n) is 4.10. The molecule has 0 spiro atoms. The van der Waals surface area contributed by atoms with Gasteiger partial charge in [0.05, 0.1) is 16.8 Å². The first kappa shape index (κ1) is 24.7. The van der Waals surface area contributed by atoms with Crippen LogP contribution in [0.25, 0.3) is 10.9 Å². The number of hydrogen-bond donors (Lipinski definition) is 1. The smallest absolute Gasteiger partial charge is 0.344 e. The van der Waals surface area contributed by atoms with Gasteiger partial charge in [-0.05, 0) is 71.7 Å². The summed E-state index contributed by atoms with van der Waals surface area (Å²) in [5.41, 5.74) is 3.79. The van der Waals surface area contributed by atoms with Gasteiger partial charge in [0.25, 0.3) is 5.91 Å². The van der Waals surface area contributed by atoms with Crippen molar-refractivity contribution in [1.29, 1.82) is 0 Å². The molecule has 33 heavy (non-hydrogen) atoms. The highest BCUT2D eigenvalue weighted by Gasteiger charge is 2.13. The van der Waals surface area contributed by atoms with Crippen molar-refractivity contribution in [3.8, 4) is 11.5 Å². The number of pyridine rings is 1. The van der Waals surface area contributed by atoms with Crippen molar-refractivity contribution in [2.45, 2.75) is 20.0 Å². The summed E-state index contributed by atoms with van der Waals surface area (Å²) in [5.74, 6) is 0.139. The van der Waals surface area contributed by atoms with Crippen LogP contribution >= 0.6 is 31.9 Å². The molecule has 2 aromatic carbocycles. The van der Waals surface area contributed by atoms with Gasteiger partial charge in [0, 0.05) is 16.1 Å². The lowest BCUT2D eigenvalue weighted by Crippen LogP contribution is -2.24. The second-order valence-electron chi connectivity index (χ2n) is 7.05. The Kier molecular flexibility index (Phi) is 8.79. The molecule has 1 heterocycles. The molecule has 1 aromatic heterocycles. The Morgan fingerprint density at radius 1 is 1.09 bits per heavy atom. The Bertz CT molecular complexity index is 1170. The number of ether oxygens (including phenoxy) is 3. The first-order valence-electron chi connectivity index (χ1n) is 9.93. The number of carbonyl (C=O) groups excluding carboxylic acids is 2. The maximum absolute atomic E-state index is 12.1. The van der Waals surface area contributed by atoms with Crippen molar-refractivity contribution in [3.05, 3.63) is 63.2 Å². The number of amides is 1. The fourth-order valence-corrected chi connectivity index (χ4v) is 4.11. The molecule has 0 aliphatic heterocycles. The zero-order chi connectivity index (χ0) is 23.8. The minimum atomic E-state index is -0.431. The SMILES string of the molecule is CC(C)OC(=O)COc1ccc(/C=N/NC(=O)COc2c(Br)cc(Br)c3cccnc23)cc1. The van der Waals surface area contributed by atoms with Crippen molar-refractivity contribution in [1.82, 2.24) is 10.4 Å². The first-order valence-corrected chi connectivity index (χ1v) is 11.5. The number of rotatable bonds is 9. The average molecular weight is 579 g/mol. The van der Waals surface area contributed by atoms with Crippen LogP contribution in [0.1, 0.15) is 19.4 Å². The number of nitrogens with one attached hydrogen (secondary N) is 1. The van der Waals surface area contributed by atoms with Crippen LogP contribution in [0.3, 0.4) is 0 Å². The molecule has 3 aromatic rings. The highest BCUT2D eigenvalue weighted by atomic mass is 79.9. The summed E-state index contributed by atoms with van der Waals surface area (Å²) in [7, 11) is 0. The molecule has 0 saturated heterocycles. The van der Waals surface area contributed by atoms with Crippen LogP contribution in [-0.2, 0) is 14.3 Å². The average Bonchev–Trinajstić information content (AvgIpc) is 2.78. The van der Waals surface area contributed by atoms with Gasteiger partial charge in [0.1, 0.15) is 11.3 Å². The molecule has 172 valence electrons. The molecule has 0 atom stereocenters. The second-order valence-corrected chi connectivity index (χ2v) is 8.76. The standard InChI is InChI=1S/C23H21Br2N3O5/c1-14(2)33-21(30)13-31-16-7-5-15(6-8-16)11-27-28-20(29)12-32-23-19(25)10-18(24)17-4-3-9-26-22(17)23/h3-11,14H,12-13H2,1-2H3,(H,28,29)/b27-11+. The van der Waals surface area contributed by atoms with Gasteiger partial charge in [0.15, 0.2) is 19.0 Å². The molecule has 0 radical (unpaired) electrons. The predicted octanol–water partition coefficient (Wildman–Crippen LogP) is 4.62. The summed E-state index contributed by atoms with van der Waals surface area (Å²) in [6, 6.07) is 12.4. The summed E-state index contributed by atoms with van der Waals surface area (Å²) in [5, 5.41) is 4.81. The molecule has 8 nitrogen and oxygen atoms in total. The van der Waals surface area contributed by atoms with Gasteiger partial charge < -0.3 is 14.2 Å². The third kappa shape index (κ3) is 7.26. The molecule has 1 N–H and O–H groups in total. The molecule has 0 bridgehead atoms. The fourth-order valence-electron chi connectivity index (χ4n) is 2.72. The summed E-state index contributed by atoms with van der Waals surface area (Å²) in [6.07, 6.45) is 2.96. The normalized spacial score (nSPS) is 11.1. The number of aromatic nitrogens is 1. The molecule has 0 aliphatic rings. The van der Waals surface area contributed by atoms with Crippen LogP contribution in [-0.4, -0.2) is 42.4 Å². The summed E-state index contributed by atoms with van der Waals surface area (Å²) in [6.45, 7) is 3.15. The van der Waals surface area contributed by atoms with Gasteiger partial charge in [0.2, 0.25) is 0 Å². The molecular formula is C23H21Br2N3O5. The highest BCUT2D eigenvalue weighted by molar-refractivity contribution is 9.11. The van der Waals surface area contributed by atoms with E-state index in [1.807, 2.05) is 18.2 Å². The van der Waals surface area contributed by atoms with E-state index in [4.69, 9.17) is 14.2 Å². The minimum absolute atomic E-state index is 0.166. The Morgan fingerprint density at radius 3 is 2.58 bits per heavy atom. The Morgan fingerprint density at radius 2 is 1.85 bits per heavy atom. The summed E-state index contributed by atoms with van der Waals surface area (Å²) in [4.78, 5) is 28.0. The lowest BCUT2D eigenvalue weighted by molar-refractivity contribution is -0.149. The number of esters is 1. The Labute approximate surface area is 207 Å². The van der Waals surface area contributed by atoms with Gasteiger partial charge in [-0.15, -0.1) is 0 Å². The minimum Gasteiger partial charge on any atom is -0.482 e. The maximum Gasteiger partial charge on any atom is 0.344 e. The largest absolute Gasteiger partial charge is 0.482 e. The van der Waals surface area contributed by atoms with Crippen LogP contribution in [0.4, 0.5) is 0 Å². The third-order valence-corrected chi connectivity index (χ3v) is 5.35. The van der Waals surface area contributed by atoms with E-state index in [2.05, 4.69) is 47.4 Å². The summed E-state index contributed by atoms with van der Waals surface area (Å²) >= 11 is 6.94. The zero-order valence-corrected chi connectivity index (χ0v) is 21.1. The van der Waals surface area contributed by atoms with Crippen molar-refractivity contribution in [3.63, 3.8) is 0 Å². The van der Waals surface area contributed by atoms with E-state index in [0.29, 0.717) is 21.5 Å². The van der Waals surface area contributed by atoms with Crippen LogP contribution in [0.15, 0.2) is 62.7 Å². The lowest BCUT2D eigenvalue weighted by Gasteiger charge is -2.11. The highest BCUT2D eigenvalue weighted by Crippen LogP contribution is 2.37. The quantitative estimate of drug-likeness (QED) is 0.226. The molecule has 0 fully saturated rings. The van der Waals surface area contributed by atoms with Crippen LogP contribution < -0.4 is 14.9 Å². The van der Waals surface area contributed by atoms with Crippen molar-refractivity contribution < 1.29 is 23.8 Å². The molecule has 0 aliphatic carbocycles. The van der Waals surface area contributed by atoms with E-state index in [1.165, 1.54) is 6.21 Å². The Balaban J connectivity index is 1.50. The maximum atomic E-state index is 12.1. The van der Waals surface area contributed by atoms with Crippen molar-refractivity contribution in [2.24, 2.45) is 5.10 Å². The van der Waals surface area contributed by atoms with E-state index in [-0.39, 0.29) is 19.3 Å². The van der Waals surface area contributed by atoms with Gasteiger partial charge >= 0.3 is 5.97 Å². The molecular weight excluding hydrogens is 558 g/mol. The number of benzene rings is 2. The molecule has 3 rings (SSSR count). The van der Waals surface area contributed by atoms with E-state index < -0.39 is 11.9 Å². The van der Waals surface area contributed by atoms with Crippen molar-refractivity contribution in [2.75, 3.05) is 13.2 Å². The van der Waals surface area contributed by atoms with Crippen molar-refractivity contribution >= 4 is 60.9 Å². The van der Waals surface area contributed by atoms with Crippen LogP contribution in [0.5, 0.6) is 11.5 Å². The van der Waals surface area contributed by atoms with Gasteiger partial charge in [-0.25, -0.2) is 10.2 Å². The first-order chi connectivity index (χ1) is 15.8. The number of hydrogen-bond acceptors (Lipinski definition) is 7. The second kappa shape index (κ2) is 11.8. The van der Waals surface area contributed by atoms with Gasteiger partial charge in [-0.2, -0.15) is 5.10 Å². The van der Waals surface area contributed by atoms with E-state index >= 15 is 0 Å². The fraction of sp³-hybridized carbons (Fsp3) is 0.217. The molecule has 0 unspecified atom stereocenters. The van der Waals surface area contributed by atoms with E-state index in [0.717, 1.165) is 15.4 Å². The summed E-state index contributed by atoms with van der Waals surface area (Å²) < 4.78 is 17.6. The molecule has 0 saturated carbocycles. The number of halogens is 2. The number of carbonyl (C=O) groups is 2. The van der Waals surface area contributed by atoms with Crippen LogP contribution in [0.2, 0.25) is 0 Å². The topological polar surface area (TPSA) is 99.1 Å². The molecule has 1 amide bonds. The van der Waals surface area contributed by atoms with E-state index in [9.17, 15) is 9.59 Å².